The maximum absolute atomic E-state index is 13.2. The predicted molar refractivity (Wildman–Crippen MR) is 104 cm³/mol. The molecule has 152 valence electrons. The summed E-state index contributed by atoms with van der Waals surface area (Å²) in [6.45, 7) is 5.55. The SMILES string of the molecule is CCCCCCCCCN(CCc1ccc2c(c1)OC(F)(F)O2)CC1CC1. The van der Waals surface area contributed by atoms with E-state index in [4.69, 9.17) is 0 Å². The Kier molecular flexibility index (Phi) is 7.33. The molecule has 0 radical (unpaired) electrons. The number of nitrogens with zero attached hydrogens (tertiary/aromatic N) is 1. The number of hydrogen-bond donors (Lipinski definition) is 0. The normalized spacial score (nSPS) is 17.6. The van der Waals surface area contributed by atoms with E-state index in [0.29, 0.717) is 0 Å². The predicted octanol–water partition coefficient (Wildman–Crippen LogP) is 6.01. The summed E-state index contributed by atoms with van der Waals surface area (Å²) in [4.78, 5) is 2.56. The number of ether oxygens (including phenoxy) is 2. The topological polar surface area (TPSA) is 21.7 Å². The van der Waals surface area contributed by atoms with Crippen molar-refractivity contribution in [1.29, 1.82) is 0 Å². The number of benzene rings is 1. The summed E-state index contributed by atoms with van der Waals surface area (Å²) in [7, 11) is 0. The lowest BCUT2D eigenvalue weighted by Crippen LogP contribution is -2.29. The second kappa shape index (κ2) is 9.72. The molecule has 3 rings (SSSR count). The molecular formula is C22H33F2NO2. The van der Waals surface area contributed by atoms with Crippen LogP contribution in [0.4, 0.5) is 8.78 Å². The van der Waals surface area contributed by atoms with E-state index in [0.717, 1.165) is 31.0 Å². The zero-order valence-corrected chi connectivity index (χ0v) is 16.5. The van der Waals surface area contributed by atoms with Crippen LogP contribution in [0.25, 0.3) is 0 Å². The third kappa shape index (κ3) is 6.95. The van der Waals surface area contributed by atoms with Crippen molar-refractivity contribution in [2.45, 2.75) is 77.4 Å². The number of rotatable bonds is 13. The molecule has 0 saturated heterocycles. The van der Waals surface area contributed by atoms with Crippen LogP contribution in [0.2, 0.25) is 0 Å². The van der Waals surface area contributed by atoms with Crippen LogP contribution >= 0.6 is 0 Å². The summed E-state index contributed by atoms with van der Waals surface area (Å²) >= 11 is 0. The summed E-state index contributed by atoms with van der Waals surface area (Å²) in [5.41, 5.74) is 1.02. The fourth-order valence-electron chi connectivity index (χ4n) is 3.69. The molecule has 1 saturated carbocycles. The molecule has 1 aromatic carbocycles. The first-order chi connectivity index (χ1) is 13.1. The zero-order valence-electron chi connectivity index (χ0n) is 16.5. The highest BCUT2D eigenvalue weighted by molar-refractivity contribution is 5.45. The van der Waals surface area contributed by atoms with Crippen molar-refractivity contribution < 1.29 is 18.3 Å². The molecule has 0 N–H and O–H groups in total. The van der Waals surface area contributed by atoms with Crippen LogP contribution in [-0.4, -0.2) is 30.8 Å². The van der Waals surface area contributed by atoms with Gasteiger partial charge in [0.2, 0.25) is 0 Å². The van der Waals surface area contributed by atoms with Gasteiger partial charge in [0.05, 0.1) is 0 Å². The van der Waals surface area contributed by atoms with E-state index in [9.17, 15) is 8.78 Å². The molecule has 3 nitrogen and oxygen atoms in total. The smallest absolute Gasteiger partial charge is 0.395 e. The van der Waals surface area contributed by atoms with E-state index in [1.165, 1.54) is 64.3 Å². The van der Waals surface area contributed by atoms with Crippen molar-refractivity contribution in [2.75, 3.05) is 19.6 Å². The minimum absolute atomic E-state index is 0.127. The van der Waals surface area contributed by atoms with Crippen LogP contribution in [0.1, 0.15) is 70.3 Å². The van der Waals surface area contributed by atoms with Gasteiger partial charge in [-0.25, -0.2) is 0 Å². The van der Waals surface area contributed by atoms with Gasteiger partial charge in [0.25, 0.3) is 0 Å². The Morgan fingerprint density at radius 1 is 0.963 bits per heavy atom. The van der Waals surface area contributed by atoms with Gasteiger partial charge in [0.1, 0.15) is 0 Å². The summed E-state index contributed by atoms with van der Waals surface area (Å²) in [6.07, 6.45) is 9.32. The first kappa shape index (κ1) is 20.4. The van der Waals surface area contributed by atoms with Gasteiger partial charge in [-0.05, 0) is 55.8 Å². The number of unbranched alkanes of at least 4 members (excludes halogenated alkanes) is 6. The summed E-state index contributed by atoms with van der Waals surface area (Å²) in [5.74, 6) is 1.14. The van der Waals surface area contributed by atoms with Crippen molar-refractivity contribution in [2.24, 2.45) is 5.92 Å². The zero-order chi connectivity index (χ0) is 19.1. The van der Waals surface area contributed by atoms with E-state index in [1.54, 1.807) is 12.1 Å². The Hall–Kier alpha value is -1.36. The number of hydrogen-bond acceptors (Lipinski definition) is 3. The molecule has 2 aliphatic rings. The third-order valence-electron chi connectivity index (χ3n) is 5.47. The molecule has 27 heavy (non-hydrogen) atoms. The molecule has 0 spiro atoms. The molecule has 0 aromatic heterocycles. The lowest BCUT2D eigenvalue weighted by atomic mass is 10.1. The molecule has 0 bridgehead atoms. The highest BCUT2D eigenvalue weighted by Crippen LogP contribution is 2.41. The van der Waals surface area contributed by atoms with Gasteiger partial charge in [-0.15, -0.1) is 8.78 Å². The Morgan fingerprint density at radius 3 is 2.41 bits per heavy atom. The van der Waals surface area contributed by atoms with E-state index in [2.05, 4.69) is 21.3 Å². The Balaban J connectivity index is 1.40. The van der Waals surface area contributed by atoms with Gasteiger partial charge in [-0.3, -0.25) is 0 Å². The molecule has 1 aliphatic carbocycles. The minimum Gasteiger partial charge on any atom is -0.395 e. The lowest BCUT2D eigenvalue weighted by Gasteiger charge is -2.22. The first-order valence-corrected chi connectivity index (χ1v) is 10.7. The number of fused-ring (bicyclic) bond motifs is 1. The summed E-state index contributed by atoms with van der Waals surface area (Å²) in [5, 5.41) is 0. The van der Waals surface area contributed by atoms with E-state index < -0.39 is 6.29 Å². The summed E-state index contributed by atoms with van der Waals surface area (Å²) < 4.78 is 35.3. The van der Waals surface area contributed by atoms with Gasteiger partial charge >= 0.3 is 6.29 Å². The van der Waals surface area contributed by atoms with E-state index >= 15 is 0 Å². The first-order valence-electron chi connectivity index (χ1n) is 10.7. The second-order valence-electron chi connectivity index (χ2n) is 8.06. The minimum atomic E-state index is -3.53. The Labute approximate surface area is 162 Å². The molecular weight excluding hydrogens is 348 g/mol. The maximum Gasteiger partial charge on any atom is 0.586 e. The average molecular weight is 382 g/mol. The van der Waals surface area contributed by atoms with Crippen LogP contribution in [0, 0.1) is 5.92 Å². The highest BCUT2D eigenvalue weighted by Gasteiger charge is 2.43. The van der Waals surface area contributed by atoms with Crippen molar-refractivity contribution in [3.05, 3.63) is 23.8 Å². The van der Waals surface area contributed by atoms with Gasteiger partial charge in [-0.2, -0.15) is 0 Å². The monoisotopic (exact) mass is 381 g/mol. The van der Waals surface area contributed by atoms with Crippen molar-refractivity contribution in [1.82, 2.24) is 4.90 Å². The third-order valence-corrected chi connectivity index (χ3v) is 5.47. The van der Waals surface area contributed by atoms with Crippen LogP contribution in [-0.2, 0) is 6.42 Å². The van der Waals surface area contributed by atoms with Crippen molar-refractivity contribution in [3.63, 3.8) is 0 Å². The molecule has 0 amide bonds. The molecule has 1 aliphatic heterocycles. The maximum atomic E-state index is 13.2. The molecule has 5 heteroatoms. The largest absolute Gasteiger partial charge is 0.586 e. The van der Waals surface area contributed by atoms with Crippen molar-refractivity contribution >= 4 is 0 Å². The summed E-state index contributed by atoms with van der Waals surface area (Å²) in [6, 6.07) is 5.15. The molecule has 0 atom stereocenters. The molecule has 0 unspecified atom stereocenters. The van der Waals surface area contributed by atoms with Crippen molar-refractivity contribution in [3.8, 4) is 11.5 Å². The fraction of sp³-hybridized carbons (Fsp3) is 0.727. The Morgan fingerprint density at radius 2 is 1.67 bits per heavy atom. The standard InChI is InChI=1S/C22H33F2NO2/c1-2-3-4-5-6-7-8-14-25(17-19-9-10-19)15-13-18-11-12-20-21(16-18)27-22(23,24)26-20/h11-12,16,19H,2-10,13-15,17H2,1H3. The van der Waals surface area contributed by atoms with Gasteiger partial charge in [0.15, 0.2) is 11.5 Å². The van der Waals surface area contributed by atoms with Crippen LogP contribution < -0.4 is 9.47 Å². The number of halogens is 2. The molecule has 1 fully saturated rings. The second-order valence-corrected chi connectivity index (χ2v) is 8.06. The molecule has 1 aromatic rings. The van der Waals surface area contributed by atoms with E-state index in [1.807, 2.05) is 6.07 Å². The van der Waals surface area contributed by atoms with Crippen LogP contribution in [0.3, 0.4) is 0 Å². The molecule has 1 heterocycles. The lowest BCUT2D eigenvalue weighted by molar-refractivity contribution is -0.286. The fourth-order valence-corrected chi connectivity index (χ4v) is 3.69. The Bertz CT molecular complexity index is 590. The number of alkyl halides is 2. The van der Waals surface area contributed by atoms with Crippen LogP contribution in [0.5, 0.6) is 11.5 Å². The van der Waals surface area contributed by atoms with Gasteiger partial charge < -0.3 is 14.4 Å². The van der Waals surface area contributed by atoms with Gasteiger partial charge in [-0.1, -0.05) is 51.5 Å². The van der Waals surface area contributed by atoms with E-state index in [-0.39, 0.29) is 11.5 Å². The highest BCUT2D eigenvalue weighted by atomic mass is 19.3. The van der Waals surface area contributed by atoms with Gasteiger partial charge in [0, 0.05) is 13.1 Å². The quantitative estimate of drug-likeness (QED) is 0.390. The average Bonchev–Trinajstić information content (AvgIpc) is 3.38. The van der Waals surface area contributed by atoms with Crippen LogP contribution in [0.15, 0.2) is 18.2 Å².